The van der Waals surface area contributed by atoms with E-state index in [-0.39, 0.29) is 0 Å². The highest BCUT2D eigenvalue weighted by Crippen LogP contribution is 2.50. The first-order chi connectivity index (χ1) is 63.1. The minimum Gasteiger partial charge on any atom is -0.308 e. The van der Waals surface area contributed by atoms with Crippen LogP contribution < -0.4 is 0 Å². The summed E-state index contributed by atoms with van der Waals surface area (Å²) in [7, 11) is 0. The van der Waals surface area contributed by atoms with E-state index in [1.54, 1.807) is 0 Å². The Balaban J connectivity index is 0.0000000792. The second kappa shape index (κ2) is 25.9. The van der Waals surface area contributed by atoms with Gasteiger partial charge < -0.3 is 22.0 Å². The van der Waals surface area contributed by atoms with Crippen LogP contribution in [-0.4, -0.2) is 22.0 Å². The van der Waals surface area contributed by atoms with E-state index in [1.165, 1.54) is 277 Å². The summed E-state index contributed by atoms with van der Waals surface area (Å²) in [4.78, 5) is 0. The van der Waals surface area contributed by atoms with Gasteiger partial charge in [-0.15, -0.1) is 0 Å². The van der Waals surface area contributed by atoms with Crippen LogP contribution in [0.5, 0.6) is 0 Å². The van der Waals surface area contributed by atoms with Crippen LogP contribution in [0.2, 0.25) is 0 Å². The molecule has 0 amide bonds. The van der Waals surface area contributed by atoms with E-state index in [4.69, 9.17) is 0 Å². The largest absolute Gasteiger partial charge is 0.308 e. The molecule has 10 aromatic heterocycles. The maximum atomic E-state index is 2.51. The summed E-state index contributed by atoms with van der Waals surface area (Å²) in [6.45, 7) is 0. The minimum absolute atomic E-state index is 1.29. The van der Waals surface area contributed by atoms with Crippen LogP contribution >= 0.6 is 0 Å². The van der Waals surface area contributed by atoms with E-state index in [0.717, 1.165) is 0 Å². The van der Waals surface area contributed by atoms with Gasteiger partial charge in [-0.2, -0.15) is 0 Å². The van der Waals surface area contributed by atoms with Gasteiger partial charge in [0.25, 0.3) is 0 Å². The molecule has 0 unspecified atom stereocenters. The molecule has 584 valence electrons. The van der Waals surface area contributed by atoms with Gasteiger partial charge in [0.05, 0.1) is 82.8 Å². The van der Waals surface area contributed by atoms with E-state index in [9.17, 15) is 0 Å². The Labute approximate surface area is 724 Å². The van der Waals surface area contributed by atoms with Crippen LogP contribution in [0.3, 0.4) is 0 Å². The SMILES string of the molecule is c1ccc2c(c1)c1cccc3c4ccccc4n2c13.c1ccc2c(c1)ccc1c3cccc4c5ccc6ccccc6c5n(c21)c34.c1ccc2c(c1)ccc1c3cccc4c5ccc6ccccc6c5n(c21)c34.c1ccc2c(c1)ccc1c3cccc4c5ccc6ccccc6c5n(c21)c34.c1ccc2c(c1)ccc1c3cccc4c5ccc6ccccc6c5n(c21)c34. The van der Waals surface area contributed by atoms with Crippen LogP contribution in [-0.2, 0) is 0 Å². The second-order valence-electron chi connectivity index (χ2n) is 34.7. The standard InChI is InChI=1S/4C26H15N.C18H11N/c4*1-3-8-18-16(6-1)12-14-22-20-10-5-11-21-23-15-13-17-7-2-4-9-19(17)25(23)27(24(18)22)26(20)21;1-3-10-16-12(6-1)14-8-5-9-15-13-7-2-4-11-17(13)19(16)18(14)15/h4*1-15H;1-11H. The Morgan fingerprint density at radius 2 is 0.197 bits per heavy atom. The van der Waals surface area contributed by atoms with Gasteiger partial charge in [0.15, 0.2) is 0 Å². The van der Waals surface area contributed by atoms with Gasteiger partial charge in [-0.1, -0.05) is 419 Å². The molecule has 0 atom stereocenters. The molecule has 23 aromatic carbocycles. The van der Waals surface area contributed by atoms with E-state index in [1.807, 2.05) is 0 Å². The third-order valence-electron chi connectivity index (χ3n) is 28.5. The number of rotatable bonds is 0. The predicted octanol–water partition coefficient (Wildman–Crippen LogP) is 33.4. The zero-order valence-corrected chi connectivity index (χ0v) is 68.7. The normalized spacial score (nSPS) is 12.4. The molecule has 5 heteroatoms. The summed E-state index contributed by atoms with van der Waals surface area (Å²) in [5, 5.41) is 47.7. The fraction of sp³-hybridized carbons (Fsp3) is 0. The number of hydrogen-bond donors (Lipinski definition) is 0. The first-order valence-corrected chi connectivity index (χ1v) is 44.1. The molecule has 0 aliphatic rings. The first-order valence-electron chi connectivity index (χ1n) is 44.1. The summed E-state index contributed by atoms with van der Waals surface area (Å²) in [6.07, 6.45) is 0. The summed E-state index contributed by atoms with van der Waals surface area (Å²) < 4.78 is 12.5. The molecule has 0 aliphatic carbocycles. The van der Waals surface area contributed by atoms with E-state index < -0.39 is 0 Å². The molecular weight excluding hydrogens is 1540 g/mol. The maximum absolute atomic E-state index is 2.51. The average Bonchev–Trinajstić information content (AvgIpc) is 1.32. The molecule has 0 radical (unpaired) electrons. The molecule has 33 rings (SSSR count). The van der Waals surface area contributed by atoms with Crippen molar-refractivity contribution in [1.29, 1.82) is 0 Å². The highest BCUT2D eigenvalue weighted by atomic mass is 14.9. The lowest BCUT2D eigenvalue weighted by molar-refractivity contribution is 1.37. The zero-order chi connectivity index (χ0) is 82.5. The number of fused-ring (bicyclic) bond motifs is 46. The second-order valence-corrected chi connectivity index (χ2v) is 34.7. The van der Waals surface area contributed by atoms with Crippen molar-refractivity contribution in [2.45, 2.75) is 0 Å². The van der Waals surface area contributed by atoms with Crippen molar-refractivity contribution < 1.29 is 0 Å². The van der Waals surface area contributed by atoms with Crippen LogP contribution in [0.4, 0.5) is 0 Å². The Hall–Kier alpha value is -16.9. The van der Waals surface area contributed by atoms with Gasteiger partial charge in [0, 0.05) is 151 Å². The highest BCUT2D eigenvalue weighted by molar-refractivity contribution is 6.36. The zero-order valence-electron chi connectivity index (χ0n) is 68.7. The molecule has 0 aliphatic heterocycles. The average molecular weight is 1610 g/mol. The van der Waals surface area contributed by atoms with Gasteiger partial charge >= 0.3 is 0 Å². The Bertz CT molecular complexity index is 8890. The first kappa shape index (κ1) is 68.8. The molecule has 33 aromatic rings. The quantitative estimate of drug-likeness (QED) is 0.144. The Morgan fingerprint density at radius 1 is 0.0787 bits per heavy atom. The van der Waals surface area contributed by atoms with Crippen molar-refractivity contribution in [3.8, 4) is 0 Å². The molecule has 127 heavy (non-hydrogen) atoms. The van der Waals surface area contributed by atoms with Gasteiger partial charge in [0.2, 0.25) is 0 Å². The van der Waals surface area contributed by atoms with Crippen molar-refractivity contribution in [3.05, 3.63) is 431 Å². The van der Waals surface area contributed by atoms with Crippen molar-refractivity contribution in [3.63, 3.8) is 0 Å². The van der Waals surface area contributed by atoms with E-state index in [0.29, 0.717) is 0 Å². The lowest BCUT2D eigenvalue weighted by atomic mass is 10.0. The molecule has 0 saturated heterocycles. The molecule has 5 nitrogen and oxygen atoms in total. The van der Waals surface area contributed by atoms with E-state index >= 15 is 0 Å². The van der Waals surface area contributed by atoms with Crippen molar-refractivity contribution in [1.82, 2.24) is 22.0 Å². The number of benzene rings is 23. The van der Waals surface area contributed by atoms with Gasteiger partial charge in [0.1, 0.15) is 0 Å². The van der Waals surface area contributed by atoms with Crippen LogP contribution in [0.25, 0.3) is 277 Å². The molecule has 0 spiro atoms. The topological polar surface area (TPSA) is 22.1 Å². The molecule has 0 bridgehead atoms. The summed E-state index contributed by atoms with van der Waals surface area (Å²) >= 11 is 0. The summed E-state index contributed by atoms with van der Waals surface area (Å²) in [6, 6.07) is 157. The fourth-order valence-electron chi connectivity index (χ4n) is 23.3. The smallest absolute Gasteiger partial charge is 0.0621 e. The Kier molecular flexibility index (Phi) is 14.0. The molecular formula is C122H71N5. The fourth-order valence-corrected chi connectivity index (χ4v) is 23.3. The third kappa shape index (κ3) is 9.29. The van der Waals surface area contributed by atoms with Gasteiger partial charge in [-0.3, -0.25) is 0 Å². The maximum Gasteiger partial charge on any atom is 0.0621 e. The lowest BCUT2D eigenvalue weighted by Crippen LogP contribution is -1.84. The van der Waals surface area contributed by atoms with E-state index in [2.05, 4.69) is 453 Å². The summed E-state index contributed by atoms with van der Waals surface area (Å²) in [5.41, 5.74) is 19.9. The third-order valence-corrected chi connectivity index (χ3v) is 28.5. The van der Waals surface area contributed by atoms with Crippen molar-refractivity contribution in [2.75, 3.05) is 0 Å². The van der Waals surface area contributed by atoms with Gasteiger partial charge in [-0.05, 0) is 55.2 Å². The van der Waals surface area contributed by atoms with Crippen LogP contribution in [0, 0.1) is 0 Å². The number of para-hydroxylation sites is 7. The monoisotopic (exact) mass is 1610 g/mol. The molecule has 0 N–H and O–H groups in total. The van der Waals surface area contributed by atoms with Crippen LogP contribution in [0.1, 0.15) is 0 Å². The van der Waals surface area contributed by atoms with Crippen molar-refractivity contribution >= 4 is 277 Å². The molecule has 0 fully saturated rings. The van der Waals surface area contributed by atoms with Crippen LogP contribution in [0.15, 0.2) is 431 Å². The van der Waals surface area contributed by atoms with Crippen molar-refractivity contribution in [2.24, 2.45) is 0 Å². The minimum atomic E-state index is 1.29. The summed E-state index contributed by atoms with van der Waals surface area (Å²) in [5.74, 6) is 0. The number of nitrogens with zero attached hydrogens (tertiary/aromatic N) is 5. The van der Waals surface area contributed by atoms with Gasteiger partial charge in [-0.25, -0.2) is 0 Å². The Morgan fingerprint density at radius 3 is 0.378 bits per heavy atom. The molecule has 10 heterocycles. The number of aromatic nitrogens is 5. The number of hydrogen-bond acceptors (Lipinski definition) is 0. The predicted molar refractivity (Wildman–Crippen MR) is 546 cm³/mol. The molecule has 0 saturated carbocycles. The lowest BCUT2D eigenvalue weighted by Gasteiger charge is -2.05. The highest BCUT2D eigenvalue weighted by Gasteiger charge is 2.27.